The number of halogens is 1. The zero-order valence-corrected chi connectivity index (χ0v) is 13.2. The Labute approximate surface area is 140 Å². The lowest BCUT2D eigenvalue weighted by atomic mass is 10.2. The fraction of sp³-hybridized carbons (Fsp3) is 0. The predicted molar refractivity (Wildman–Crippen MR) is 81.9 cm³/mol. The quantitative estimate of drug-likeness (QED) is 0.308. The highest BCUT2D eigenvalue weighted by atomic mass is 32.2. The molecule has 128 valence electrons. The van der Waals surface area contributed by atoms with Crippen molar-refractivity contribution in [3.8, 4) is 0 Å². The summed E-state index contributed by atoms with van der Waals surface area (Å²) >= 11 is 0. The Morgan fingerprint density at radius 2 is 1.96 bits per heavy atom. The molecule has 8 nitrogen and oxygen atoms in total. The molecule has 2 aromatic heterocycles. The highest BCUT2D eigenvalue weighted by molar-refractivity contribution is 7.91. The van der Waals surface area contributed by atoms with Crippen LogP contribution in [0.15, 0.2) is 63.2 Å². The third-order valence-electron chi connectivity index (χ3n) is 3.19. The van der Waals surface area contributed by atoms with Crippen molar-refractivity contribution in [1.82, 2.24) is 15.2 Å². The molecule has 0 aliphatic rings. The van der Waals surface area contributed by atoms with Crippen LogP contribution in [0.5, 0.6) is 0 Å². The number of rotatable bonds is 5. The first-order valence-electron chi connectivity index (χ1n) is 6.78. The van der Waals surface area contributed by atoms with Crippen LogP contribution >= 0.6 is 0 Å². The van der Waals surface area contributed by atoms with Gasteiger partial charge < -0.3 is 9.52 Å². The van der Waals surface area contributed by atoms with E-state index in [0.29, 0.717) is 0 Å². The molecule has 10 heteroatoms. The van der Waals surface area contributed by atoms with Crippen molar-refractivity contribution < 1.29 is 27.1 Å². The van der Waals surface area contributed by atoms with Crippen molar-refractivity contribution in [2.24, 2.45) is 0 Å². The molecule has 0 spiro atoms. The summed E-state index contributed by atoms with van der Waals surface area (Å²) in [6, 6.07) is 5.24. The highest BCUT2D eigenvalue weighted by Gasteiger charge is 2.27. The molecule has 1 aromatic carbocycles. The minimum absolute atomic E-state index is 0.0668. The molecule has 2 heterocycles. The average molecular weight is 363 g/mol. The number of sulfone groups is 1. The van der Waals surface area contributed by atoms with Crippen molar-refractivity contribution >= 4 is 21.4 Å². The molecule has 3 aromatic rings. The topological polar surface area (TPSA) is 126 Å². The Kier molecular flexibility index (Phi) is 4.19. The van der Waals surface area contributed by atoms with Crippen molar-refractivity contribution in [3.05, 3.63) is 66.4 Å². The lowest BCUT2D eigenvalue weighted by Crippen LogP contribution is -2.07. The number of carbonyl (C=O) groups is 1. The number of nitrogens with one attached hydrogen (secondary N) is 1. The second-order valence-electron chi connectivity index (χ2n) is 4.80. The van der Waals surface area contributed by atoms with Crippen LogP contribution in [0.3, 0.4) is 0 Å². The van der Waals surface area contributed by atoms with Gasteiger partial charge in [-0.05, 0) is 30.3 Å². The van der Waals surface area contributed by atoms with Crippen molar-refractivity contribution in [2.45, 2.75) is 9.79 Å². The maximum atomic E-state index is 13.0. The lowest BCUT2D eigenvalue weighted by Gasteiger charge is -2.03. The number of H-pyrrole nitrogens is 1. The molecule has 0 aliphatic heterocycles. The number of carbonyl (C=O) groups excluding carboxylic acids is 1. The predicted octanol–water partition coefficient (Wildman–Crippen LogP) is 2.15. The Bertz CT molecular complexity index is 1040. The monoisotopic (exact) mass is 363 g/mol. The number of aromatic nitrogens is 3. The first-order chi connectivity index (χ1) is 11.9. The van der Waals surface area contributed by atoms with E-state index in [1.165, 1.54) is 0 Å². The van der Waals surface area contributed by atoms with Gasteiger partial charge in [0.25, 0.3) is 0 Å². The molecule has 2 N–H and O–H groups in total. The third-order valence-corrected chi connectivity index (χ3v) is 4.99. The van der Waals surface area contributed by atoms with Gasteiger partial charge in [0.15, 0.2) is 17.3 Å². The molecule has 0 atom stereocenters. The number of ketones is 1. The minimum atomic E-state index is -4.11. The number of hydrogen-bond acceptors (Lipinski definition) is 7. The summed E-state index contributed by atoms with van der Waals surface area (Å²) in [6.07, 6.45) is 2.91. The fourth-order valence-electron chi connectivity index (χ4n) is 2.02. The summed E-state index contributed by atoms with van der Waals surface area (Å²) in [6.45, 7) is 0. The van der Waals surface area contributed by atoms with E-state index in [4.69, 9.17) is 4.42 Å². The summed E-state index contributed by atoms with van der Waals surface area (Å²) in [5, 5.41) is 15.7. The van der Waals surface area contributed by atoms with Gasteiger partial charge in [-0.1, -0.05) is 0 Å². The minimum Gasteiger partial charge on any atom is -0.504 e. The van der Waals surface area contributed by atoms with Gasteiger partial charge in [-0.25, -0.2) is 17.8 Å². The molecule has 0 saturated carbocycles. The number of aliphatic hydroxyl groups excluding tert-OH is 1. The summed E-state index contributed by atoms with van der Waals surface area (Å²) in [5.41, 5.74) is 0. The van der Waals surface area contributed by atoms with Crippen LogP contribution in [0.4, 0.5) is 4.39 Å². The van der Waals surface area contributed by atoms with E-state index in [0.717, 1.165) is 49.0 Å². The number of benzene rings is 1. The fourth-order valence-corrected chi connectivity index (χ4v) is 3.39. The van der Waals surface area contributed by atoms with Crippen molar-refractivity contribution in [1.29, 1.82) is 0 Å². The Morgan fingerprint density at radius 1 is 1.24 bits per heavy atom. The van der Waals surface area contributed by atoms with Crippen LogP contribution in [-0.4, -0.2) is 34.5 Å². The molecule has 25 heavy (non-hydrogen) atoms. The number of nitrogens with zero attached hydrogens (tertiary/aromatic N) is 2. The number of hydrogen-bond donors (Lipinski definition) is 2. The molecule has 0 saturated heterocycles. The van der Waals surface area contributed by atoms with Gasteiger partial charge >= 0.3 is 0 Å². The Morgan fingerprint density at radius 3 is 2.60 bits per heavy atom. The van der Waals surface area contributed by atoms with E-state index in [2.05, 4.69) is 15.2 Å². The summed E-state index contributed by atoms with van der Waals surface area (Å²) < 4.78 is 43.2. The van der Waals surface area contributed by atoms with E-state index in [1.807, 2.05) is 0 Å². The summed E-state index contributed by atoms with van der Waals surface area (Å²) in [4.78, 5) is 15.3. The molecule has 0 amide bonds. The highest BCUT2D eigenvalue weighted by Crippen LogP contribution is 2.26. The average Bonchev–Trinajstić information content (AvgIpc) is 3.27. The summed E-state index contributed by atoms with van der Waals surface area (Å²) in [7, 11) is -4.11. The number of allylic oxidation sites excluding steroid dienone is 1. The molecule has 0 bridgehead atoms. The van der Waals surface area contributed by atoms with Crippen LogP contribution < -0.4 is 0 Å². The van der Waals surface area contributed by atoms with Crippen LogP contribution in [0, 0.1) is 5.82 Å². The second-order valence-corrected chi connectivity index (χ2v) is 6.72. The van der Waals surface area contributed by atoms with Crippen LogP contribution in [-0.2, 0) is 9.84 Å². The number of furan rings is 1. The van der Waals surface area contributed by atoms with Crippen LogP contribution in [0.1, 0.15) is 16.4 Å². The van der Waals surface area contributed by atoms with E-state index < -0.39 is 37.9 Å². The van der Waals surface area contributed by atoms with Gasteiger partial charge in [0, 0.05) is 6.08 Å². The molecular weight excluding hydrogens is 353 g/mol. The zero-order valence-electron chi connectivity index (χ0n) is 12.4. The first kappa shape index (κ1) is 16.6. The Balaban J connectivity index is 1.99. The zero-order chi connectivity index (χ0) is 18.0. The van der Waals surface area contributed by atoms with Gasteiger partial charge in [0.05, 0.1) is 11.2 Å². The van der Waals surface area contributed by atoms with E-state index in [9.17, 15) is 22.7 Å². The van der Waals surface area contributed by atoms with Crippen molar-refractivity contribution in [2.75, 3.05) is 0 Å². The van der Waals surface area contributed by atoms with Gasteiger partial charge in [-0.2, -0.15) is 5.10 Å². The second kappa shape index (κ2) is 6.32. The van der Waals surface area contributed by atoms with E-state index in [1.54, 1.807) is 0 Å². The molecule has 0 radical (unpaired) electrons. The standard InChI is InChI=1S/C15H10FN3O5S/c16-9-1-3-10(4-2-9)25(22,23)13-5-6-24-14(13)11(20)7-12(21)15-17-8-18-19-15/h1-8,21H,(H,17,18,19). The largest absolute Gasteiger partial charge is 0.504 e. The van der Waals surface area contributed by atoms with Crippen LogP contribution in [0.25, 0.3) is 5.76 Å². The summed E-state index contributed by atoms with van der Waals surface area (Å²) in [5.74, 6) is -2.58. The maximum absolute atomic E-state index is 13.0. The van der Waals surface area contributed by atoms with Gasteiger partial charge in [0.2, 0.25) is 15.6 Å². The molecule has 3 rings (SSSR count). The van der Waals surface area contributed by atoms with E-state index >= 15 is 0 Å². The smallest absolute Gasteiger partial charge is 0.226 e. The van der Waals surface area contributed by atoms with Gasteiger partial charge in [-0.3, -0.25) is 9.89 Å². The molecular formula is C15H10FN3O5S. The SMILES string of the molecule is O=C(C=C(O)c1ncn[nH]1)c1occc1S(=O)(=O)c1ccc(F)cc1. The lowest BCUT2D eigenvalue weighted by molar-refractivity contribution is 0.101. The number of aromatic amines is 1. The van der Waals surface area contributed by atoms with Gasteiger partial charge in [0.1, 0.15) is 17.0 Å². The molecule has 0 unspecified atom stereocenters. The van der Waals surface area contributed by atoms with E-state index in [-0.39, 0.29) is 10.7 Å². The first-order valence-corrected chi connectivity index (χ1v) is 8.27. The normalized spacial score (nSPS) is 12.3. The maximum Gasteiger partial charge on any atom is 0.226 e. The molecule has 0 fully saturated rings. The van der Waals surface area contributed by atoms with Crippen LogP contribution in [0.2, 0.25) is 0 Å². The Hall–Kier alpha value is -3.27. The third kappa shape index (κ3) is 3.19. The number of aliphatic hydroxyl groups is 1. The van der Waals surface area contributed by atoms with Gasteiger partial charge in [-0.15, -0.1) is 0 Å². The van der Waals surface area contributed by atoms with Crippen molar-refractivity contribution in [3.63, 3.8) is 0 Å². The molecule has 0 aliphatic carbocycles.